The van der Waals surface area contributed by atoms with Crippen LogP contribution >= 0.6 is 0 Å². The predicted octanol–water partition coefficient (Wildman–Crippen LogP) is 4.18. The molecule has 6 heteroatoms. The van der Waals surface area contributed by atoms with Crippen LogP contribution in [0.25, 0.3) is 0 Å². The molecule has 0 bridgehead atoms. The second-order valence-corrected chi connectivity index (χ2v) is 8.18. The summed E-state index contributed by atoms with van der Waals surface area (Å²) >= 11 is 0. The summed E-state index contributed by atoms with van der Waals surface area (Å²) in [4.78, 5) is 27.5. The smallest absolute Gasteiger partial charge is 0.252 e. The van der Waals surface area contributed by atoms with Gasteiger partial charge in [0.25, 0.3) is 5.91 Å². The van der Waals surface area contributed by atoms with Crippen LogP contribution in [0.4, 0.5) is 0 Å². The molecule has 0 aromatic heterocycles. The number of nitrogens with zero attached hydrogens (tertiary/aromatic N) is 3. The summed E-state index contributed by atoms with van der Waals surface area (Å²) in [7, 11) is 0. The Morgan fingerprint density at radius 1 is 1.14 bits per heavy atom. The molecule has 2 rings (SSSR count). The molecule has 6 nitrogen and oxygen atoms in total. The molecule has 154 valence electrons. The van der Waals surface area contributed by atoms with Crippen LogP contribution in [0, 0.1) is 22.2 Å². The minimum atomic E-state index is -0.750. The molecule has 2 aliphatic heterocycles. The van der Waals surface area contributed by atoms with Gasteiger partial charge >= 0.3 is 0 Å². The monoisotopic (exact) mass is 387 g/mol. The molecule has 0 saturated carbocycles. The zero-order valence-electron chi connectivity index (χ0n) is 17.0. The molecule has 2 amide bonds. The van der Waals surface area contributed by atoms with Gasteiger partial charge in [0, 0.05) is 25.7 Å². The van der Waals surface area contributed by atoms with Crippen molar-refractivity contribution in [2.45, 2.75) is 71.1 Å². The van der Waals surface area contributed by atoms with Crippen molar-refractivity contribution in [3.63, 3.8) is 0 Å². The van der Waals surface area contributed by atoms with Crippen LogP contribution in [0.3, 0.4) is 0 Å². The van der Waals surface area contributed by atoms with Gasteiger partial charge < -0.3 is 4.90 Å². The lowest BCUT2D eigenvalue weighted by molar-refractivity contribution is -0.185. The Bertz CT molecular complexity index is 650. The molecule has 2 fully saturated rings. The van der Waals surface area contributed by atoms with Crippen molar-refractivity contribution in [2.24, 2.45) is 10.8 Å². The van der Waals surface area contributed by atoms with Crippen LogP contribution < -0.4 is 0 Å². The number of rotatable bonds is 9. The maximum absolute atomic E-state index is 13.1. The number of carbonyl (C=O) groups excluding carboxylic acids is 2. The van der Waals surface area contributed by atoms with E-state index in [0.717, 1.165) is 30.7 Å². The highest BCUT2D eigenvalue weighted by atomic mass is 16.5. The Hall–Kier alpha value is -2.13. The molecule has 28 heavy (non-hydrogen) atoms. The van der Waals surface area contributed by atoms with Crippen LogP contribution in [-0.4, -0.2) is 40.1 Å². The van der Waals surface area contributed by atoms with Crippen molar-refractivity contribution in [3.8, 4) is 6.07 Å². The van der Waals surface area contributed by atoms with Gasteiger partial charge in [0.1, 0.15) is 0 Å². The van der Waals surface area contributed by atoms with Gasteiger partial charge in [-0.25, -0.2) is 5.06 Å². The van der Waals surface area contributed by atoms with Crippen molar-refractivity contribution in [3.05, 3.63) is 24.9 Å². The number of hydrogen-bond donors (Lipinski definition) is 1. The fourth-order valence-electron chi connectivity index (χ4n) is 4.79. The summed E-state index contributed by atoms with van der Waals surface area (Å²) in [6.45, 7) is 6.96. The minimum Gasteiger partial charge on any atom is -0.319 e. The van der Waals surface area contributed by atoms with E-state index in [2.05, 4.69) is 19.6 Å². The van der Waals surface area contributed by atoms with Crippen LogP contribution in [0.5, 0.6) is 0 Å². The van der Waals surface area contributed by atoms with Crippen molar-refractivity contribution < 1.29 is 14.8 Å². The van der Waals surface area contributed by atoms with E-state index in [0.29, 0.717) is 45.2 Å². The van der Waals surface area contributed by atoms with Crippen LogP contribution in [0.1, 0.15) is 71.1 Å². The van der Waals surface area contributed by atoms with Gasteiger partial charge in [0.15, 0.2) is 0 Å². The first-order valence-corrected chi connectivity index (χ1v) is 10.4. The highest BCUT2D eigenvalue weighted by Gasteiger charge is 2.43. The summed E-state index contributed by atoms with van der Waals surface area (Å²) < 4.78 is 0. The third-order valence-corrected chi connectivity index (χ3v) is 6.26. The summed E-state index contributed by atoms with van der Waals surface area (Å²) in [5.74, 6) is -0.169. The van der Waals surface area contributed by atoms with Crippen molar-refractivity contribution in [1.29, 1.82) is 5.26 Å². The van der Waals surface area contributed by atoms with Gasteiger partial charge in [0.2, 0.25) is 5.91 Å². The van der Waals surface area contributed by atoms with Crippen LogP contribution in [0.15, 0.2) is 24.9 Å². The molecule has 2 saturated heterocycles. The first-order chi connectivity index (χ1) is 13.4. The second-order valence-electron chi connectivity index (χ2n) is 8.18. The molecule has 0 aromatic rings. The number of hydrogen-bond acceptors (Lipinski definition) is 4. The number of likely N-dealkylation sites (tertiary alicyclic amines) is 1. The molecule has 2 heterocycles. The standard InChI is InChI=1S/C22H33N3O3/c1-3-9-21(10-4-2)12-6-16-24(19(21)26)17-7-13-22(11-5-15-23)14-8-18-25(28)20(22)27/h3,7,17,28H,1,4-6,8-14,16,18H2,2H3/b17-7+/t21-,22+/m0/s1. The number of carbonyl (C=O) groups is 2. The quantitative estimate of drug-likeness (QED) is 0.475. The Kier molecular flexibility index (Phi) is 7.82. The predicted molar refractivity (Wildman–Crippen MR) is 107 cm³/mol. The van der Waals surface area contributed by atoms with Crippen molar-refractivity contribution in [1.82, 2.24) is 9.96 Å². The molecule has 0 spiro atoms. The van der Waals surface area contributed by atoms with Crippen LogP contribution in [0.2, 0.25) is 0 Å². The highest BCUT2D eigenvalue weighted by molar-refractivity contribution is 5.85. The number of hydroxylamine groups is 2. The second kappa shape index (κ2) is 9.88. The number of nitriles is 1. The average Bonchev–Trinajstić information content (AvgIpc) is 2.68. The van der Waals surface area contributed by atoms with Gasteiger partial charge in [-0.15, -0.1) is 6.58 Å². The molecule has 0 aromatic carbocycles. The third kappa shape index (κ3) is 4.64. The normalized spacial score (nSPS) is 28.6. The van der Waals surface area contributed by atoms with E-state index in [1.165, 1.54) is 0 Å². The summed E-state index contributed by atoms with van der Waals surface area (Å²) in [6.07, 6.45) is 12.4. The molecule has 0 unspecified atom stereocenters. The molecule has 1 N–H and O–H groups in total. The molecular weight excluding hydrogens is 354 g/mol. The lowest BCUT2D eigenvalue weighted by Gasteiger charge is -2.40. The minimum absolute atomic E-state index is 0.140. The maximum atomic E-state index is 13.1. The first-order valence-electron chi connectivity index (χ1n) is 10.4. The molecule has 2 atom stereocenters. The number of amides is 2. The number of piperidine rings is 2. The highest BCUT2D eigenvalue weighted by Crippen LogP contribution is 2.41. The largest absolute Gasteiger partial charge is 0.319 e. The van der Waals surface area contributed by atoms with Gasteiger partial charge in [-0.05, 0) is 51.4 Å². The van der Waals surface area contributed by atoms with Crippen LogP contribution in [-0.2, 0) is 9.59 Å². The summed E-state index contributed by atoms with van der Waals surface area (Å²) in [5, 5.41) is 19.7. The van der Waals surface area contributed by atoms with E-state index >= 15 is 0 Å². The van der Waals surface area contributed by atoms with Gasteiger partial charge in [-0.1, -0.05) is 25.5 Å². The molecule has 0 radical (unpaired) electrons. The van der Waals surface area contributed by atoms with Crippen molar-refractivity contribution >= 4 is 11.8 Å². The van der Waals surface area contributed by atoms with Gasteiger partial charge in [-0.2, -0.15) is 5.26 Å². The van der Waals surface area contributed by atoms with E-state index in [1.807, 2.05) is 18.4 Å². The molecule has 0 aliphatic carbocycles. The Labute approximate surface area is 168 Å². The van der Waals surface area contributed by atoms with Crippen molar-refractivity contribution in [2.75, 3.05) is 13.1 Å². The Morgan fingerprint density at radius 3 is 2.46 bits per heavy atom. The summed E-state index contributed by atoms with van der Waals surface area (Å²) in [6, 6.07) is 2.11. The van der Waals surface area contributed by atoms with Gasteiger partial charge in [0.05, 0.1) is 16.9 Å². The molecule has 2 aliphatic rings. The SMILES string of the molecule is C=CC[C@]1(CCC)CCCN(/C=C/C[C@]2(CCC#N)CCCN(O)C2=O)C1=O. The third-order valence-electron chi connectivity index (χ3n) is 6.26. The topological polar surface area (TPSA) is 84.6 Å². The zero-order valence-corrected chi connectivity index (χ0v) is 17.0. The lowest BCUT2D eigenvalue weighted by Crippen LogP contribution is -2.47. The van der Waals surface area contributed by atoms with E-state index in [9.17, 15) is 14.8 Å². The fourth-order valence-corrected chi connectivity index (χ4v) is 4.79. The van der Waals surface area contributed by atoms with E-state index in [4.69, 9.17) is 5.26 Å². The van der Waals surface area contributed by atoms with Gasteiger partial charge in [-0.3, -0.25) is 14.8 Å². The van der Waals surface area contributed by atoms with E-state index in [1.54, 1.807) is 4.90 Å². The lowest BCUT2D eigenvalue weighted by atomic mass is 9.72. The maximum Gasteiger partial charge on any atom is 0.252 e. The first kappa shape index (κ1) is 22.2. The Morgan fingerprint density at radius 2 is 1.82 bits per heavy atom. The zero-order chi connectivity index (χ0) is 20.6. The Balaban J connectivity index is 2.14. The average molecular weight is 388 g/mol. The van der Waals surface area contributed by atoms with E-state index in [-0.39, 0.29) is 23.7 Å². The summed E-state index contributed by atoms with van der Waals surface area (Å²) in [5.41, 5.74) is -1.11. The number of allylic oxidation sites excluding steroid dienone is 2. The van der Waals surface area contributed by atoms with E-state index < -0.39 is 5.41 Å². The fraction of sp³-hybridized carbons (Fsp3) is 0.682. The molecular formula is C22H33N3O3.